The van der Waals surface area contributed by atoms with Gasteiger partial charge in [-0.15, -0.1) is 0 Å². The highest BCUT2D eigenvalue weighted by molar-refractivity contribution is 5.25. The maximum Gasteiger partial charge on any atom is 0.135 e. The van der Waals surface area contributed by atoms with Crippen LogP contribution in [0.4, 0.5) is 0 Å². The predicted octanol–water partition coefficient (Wildman–Crippen LogP) is 0.381. The molecule has 3 heteroatoms. The van der Waals surface area contributed by atoms with Crippen LogP contribution in [0.5, 0.6) is 0 Å². The molecule has 0 bridgehead atoms. The van der Waals surface area contributed by atoms with E-state index in [2.05, 4.69) is 29.2 Å². The standard InChI is InChI=1S/C9H13N3/c1-3-10-7-4-5-9-6-8-12(2)11-9/h6,8,10H,3,7H2,1-2H3. The molecule has 1 aromatic rings. The summed E-state index contributed by atoms with van der Waals surface area (Å²) in [5, 5.41) is 7.24. The van der Waals surface area contributed by atoms with E-state index < -0.39 is 0 Å². The molecule has 0 spiro atoms. The molecule has 0 atom stereocenters. The van der Waals surface area contributed by atoms with E-state index in [1.54, 1.807) is 4.68 Å². The molecule has 0 aliphatic heterocycles. The summed E-state index contributed by atoms with van der Waals surface area (Å²) >= 11 is 0. The van der Waals surface area contributed by atoms with E-state index in [4.69, 9.17) is 0 Å². The van der Waals surface area contributed by atoms with Crippen LogP contribution in [-0.2, 0) is 7.05 Å². The molecule has 3 nitrogen and oxygen atoms in total. The summed E-state index contributed by atoms with van der Waals surface area (Å²) in [5.41, 5.74) is 0.829. The highest BCUT2D eigenvalue weighted by Gasteiger charge is 1.87. The van der Waals surface area contributed by atoms with Crippen molar-refractivity contribution in [1.82, 2.24) is 15.1 Å². The molecule has 0 amide bonds. The van der Waals surface area contributed by atoms with Crippen LogP contribution in [0.1, 0.15) is 12.6 Å². The van der Waals surface area contributed by atoms with E-state index in [0.29, 0.717) is 0 Å². The summed E-state index contributed by atoms with van der Waals surface area (Å²) in [5.74, 6) is 5.93. The first kappa shape index (κ1) is 8.82. The van der Waals surface area contributed by atoms with Gasteiger partial charge in [-0.3, -0.25) is 4.68 Å². The lowest BCUT2D eigenvalue weighted by atomic mass is 10.4. The minimum absolute atomic E-state index is 0.729. The highest BCUT2D eigenvalue weighted by atomic mass is 15.2. The third-order valence-corrected chi connectivity index (χ3v) is 1.39. The summed E-state index contributed by atoms with van der Waals surface area (Å²) < 4.78 is 1.75. The lowest BCUT2D eigenvalue weighted by Crippen LogP contribution is -2.11. The third kappa shape index (κ3) is 2.77. The van der Waals surface area contributed by atoms with Gasteiger partial charge in [-0.2, -0.15) is 5.10 Å². The van der Waals surface area contributed by atoms with E-state index in [1.807, 2.05) is 19.3 Å². The number of aromatic nitrogens is 2. The van der Waals surface area contributed by atoms with Crippen molar-refractivity contribution in [2.45, 2.75) is 6.92 Å². The molecule has 1 aromatic heterocycles. The van der Waals surface area contributed by atoms with Crippen molar-refractivity contribution in [2.75, 3.05) is 13.1 Å². The number of nitrogens with one attached hydrogen (secondary N) is 1. The fourth-order valence-corrected chi connectivity index (χ4v) is 0.804. The van der Waals surface area contributed by atoms with Crippen molar-refractivity contribution < 1.29 is 0 Å². The molecule has 1 heterocycles. The molecule has 1 N–H and O–H groups in total. The van der Waals surface area contributed by atoms with Gasteiger partial charge in [0.15, 0.2) is 0 Å². The summed E-state index contributed by atoms with van der Waals surface area (Å²) in [6.45, 7) is 3.74. The Morgan fingerprint density at radius 2 is 2.50 bits per heavy atom. The smallest absolute Gasteiger partial charge is 0.135 e. The number of hydrogen-bond donors (Lipinski definition) is 1. The Hall–Kier alpha value is -1.27. The van der Waals surface area contributed by atoms with Gasteiger partial charge in [0.25, 0.3) is 0 Å². The molecule has 12 heavy (non-hydrogen) atoms. The Morgan fingerprint density at radius 3 is 3.08 bits per heavy atom. The van der Waals surface area contributed by atoms with Crippen LogP contribution in [0, 0.1) is 11.8 Å². The Bertz CT molecular complexity index is 290. The molecule has 0 saturated carbocycles. The average molecular weight is 163 g/mol. The molecule has 0 aliphatic rings. The molecule has 0 aliphatic carbocycles. The third-order valence-electron chi connectivity index (χ3n) is 1.39. The van der Waals surface area contributed by atoms with Crippen molar-refractivity contribution in [3.63, 3.8) is 0 Å². The second-order valence-electron chi connectivity index (χ2n) is 2.46. The molecule has 1 rings (SSSR count). The van der Waals surface area contributed by atoms with Gasteiger partial charge < -0.3 is 5.32 Å². The maximum atomic E-state index is 4.12. The minimum Gasteiger partial charge on any atom is -0.306 e. The van der Waals surface area contributed by atoms with Crippen molar-refractivity contribution in [3.8, 4) is 11.8 Å². The lowest BCUT2D eigenvalue weighted by molar-refractivity contribution is 0.763. The number of aryl methyl sites for hydroxylation is 1. The number of nitrogens with zero attached hydrogens (tertiary/aromatic N) is 2. The van der Waals surface area contributed by atoms with Gasteiger partial charge in [0.05, 0.1) is 6.54 Å². The van der Waals surface area contributed by atoms with Crippen LogP contribution in [0.15, 0.2) is 12.3 Å². The van der Waals surface area contributed by atoms with Crippen LogP contribution in [0.25, 0.3) is 0 Å². The number of hydrogen-bond acceptors (Lipinski definition) is 2. The molecule has 0 aromatic carbocycles. The van der Waals surface area contributed by atoms with E-state index in [9.17, 15) is 0 Å². The summed E-state index contributed by atoms with van der Waals surface area (Å²) in [6, 6.07) is 1.90. The van der Waals surface area contributed by atoms with Gasteiger partial charge in [-0.05, 0) is 18.5 Å². The van der Waals surface area contributed by atoms with Crippen LogP contribution in [0.3, 0.4) is 0 Å². The molecule has 0 saturated heterocycles. The summed E-state index contributed by atoms with van der Waals surface area (Å²) in [7, 11) is 1.88. The van der Waals surface area contributed by atoms with E-state index in [0.717, 1.165) is 18.8 Å². The molecular weight excluding hydrogens is 150 g/mol. The Labute approximate surface area is 72.8 Å². The quantitative estimate of drug-likeness (QED) is 0.504. The molecule has 0 radical (unpaired) electrons. The van der Waals surface area contributed by atoms with Crippen molar-refractivity contribution in [1.29, 1.82) is 0 Å². The van der Waals surface area contributed by atoms with Crippen LogP contribution >= 0.6 is 0 Å². The first-order chi connectivity index (χ1) is 5.83. The SMILES string of the molecule is CCNCC#Cc1ccn(C)n1. The fourth-order valence-electron chi connectivity index (χ4n) is 0.804. The van der Waals surface area contributed by atoms with Gasteiger partial charge in [0.2, 0.25) is 0 Å². The largest absolute Gasteiger partial charge is 0.306 e. The van der Waals surface area contributed by atoms with Gasteiger partial charge >= 0.3 is 0 Å². The van der Waals surface area contributed by atoms with Crippen molar-refractivity contribution in [2.24, 2.45) is 7.05 Å². The van der Waals surface area contributed by atoms with Gasteiger partial charge in [-0.1, -0.05) is 12.8 Å². The summed E-state index contributed by atoms with van der Waals surface area (Å²) in [6.07, 6.45) is 1.89. The molecule has 64 valence electrons. The fraction of sp³-hybridized carbons (Fsp3) is 0.444. The van der Waals surface area contributed by atoms with E-state index >= 15 is 0 Å². The van der Waals surface area contributed by atoms with Crippen LogP contribution < -0.4 is 5.32 Å². The Balaban J connectivity index is 2.43. The highest BCUT2D eigenvalue weighted by Crippen LogP contribution is 1.88. The zero-order chi connectivity index (χ0) is 8.81. The van der Waals surface area contributed by atoms with Crippen LogP contribution in [0.2, 0.25) is 0 Å². The second kappa shape index (κ2) is 4.58. The van der Waals surface area contributed by atoms with Gasteiger partial charge in [0.1, 0.15) is 5.69 Å². The Morgan fingerprint density at radius 1 is 1.67 bits per heavy atom. The Kier molecular flexibility index (Phi) is 3.36. The normalized spacial score (nSPS) is 9.17. The topological polar surface area (TPSA) is 29.9 Å². The van der Waals surface area contributed by atoms with Gasteiger partial charge in [0, 0.05) is 13.2 Å². The number of rotatable bonds is 2. The van der Waals surface area contributed by atoms with Gasteiger partial charge in [-0.25, -0.2) is 0 Å². The minimum atomic E-state index is 0.729. The van der Waals surface area contributed by atoms with E-state index in [-0.39, 0.29) is 0 Å². The van der Waals surface area contributed by atoms with Crippen molar-refractivity contribution in [3.05, 3.63) is 18.0 Å². The van der Waals surface area contributed by atoms with Crippen LogP contribution in [-0.4, -0.2) is 22.9 Å². The molecule has 0 unspecified atom stereocenters. The first-order valence-corrected chi connectivity index (χ1v) is 4.02. The zero-order valence-corrected chi connectivity index (χ0v) is 7.46. The second-order valence-corrected chi connectivity index (χ2v) is 2.46. The molecule has 0 fully saturated rings. The molecular formula is C9H13N3. The predicted molar refractivity (Wildman–Crippen MR) is 48.6 cm³/mol. The monoisotopic (exact) mass is 163 g/mol. The first-order valence-electron chi connectivity index (χ1n) is 4.02. The lowest BCUT2D eigenvalue weighted by Gasteiger charge is -1.88. The van der Waals surface area contributed by atoms with E-state index in [1.165, 1.54) is 0 Å². The maximum absolute atomic E-state index is 4.12. The summed E-state index contributed by atoms with van der Waals surface area (Å²) in [4.78, 5) is 0. The zero-order valence-electron chi connectivity index (χ0n) is 7.46. The average Bonchev–Trinajstić information content (AvgIpc) is 2.45. The van der Waals surface area contributed by atoms with Crippen molar-refractivity contribution >= 4 is 0 Å².